The van der Waals surface area contributed by atoms with E-state index in [0.717, 1.165) is 24.4 Å². The SMILES string of the molecule is O=[N+]([O-])c1cccc(SC(F)(F)F)c1COc1ccn(O)n1. The van der Waals surface area contributed by atoms with Crippen LogP contribution in [-0.4, -0.2) is 25.6 Å². The average molecular weight is 335 g/mol. The molecular weight excluding hydrogens is 327 g/mol. The fourth-order valence-corrected chi connectivity index (χ4v) is 2.29. The summed E-state index contributed by atoms with van der Waals surface area (Å²) in [5.41, 5.74) is -5.29. The maximum Gasteiger partial charge on any atom is 0.446 e. The van der Waals surface area contributed by atoms with Crippen molar-refractivity contribution >= 4 is 17.4 Å². The third-order valence-electron chi connectivity index (χ3n) is 2.45. The molecule has 1 N–H and O–H groups in total. The molecule has 0 saturated carbocycles. The maximum absolute atomic E-state index is 12.5. The normalized spacial score (nSPS) is 11.4. The minimum absolute atomic E-state index is 0.0800. The highest BCUT2D eigenvalue weighted by atomic mass is 32.2. The Labute approximate surface area is 125 Å². The van der Waals surface area contributed by atoms with Crippen LogP contribution in [0.5, 0.6) is 5.88 Å². The van der Waals surface area contributed by atoms with Crippen molar-refractivity contribution in [2.75, 3.05) is 0 Å². The molecule has 0 spiro atoms. The smallest absolute Gasteiger partial charge is 0.446 e. The van der Waals surface area contributed by atoms with Crippen LogP contribution in [0.2, 0.25) is 0 Å². The molecule has 0 aliphatic heterocycles. The Bertz CT molecular complexity index is 689. The number of nitrogens with zero attached hydrogens (tertiary/aromatic N) is 3. The van der Waals surface area contributed by atoms with E-state index in [-0.39, 0.29) is 16.3 Å². The Kier molecular flexibility index (Phi) is 4.45. The van der Waals surface area contributed by atoms with Crippen LogP contribution in [0.4, 0.5) is 18.9 Å². The molecule has 0 amide bonds. The molecule has 22 heavy (non-hydrogen) atoms. The Balaban J connectivity index is 2.30. The molecule has 0 saturated heterocycles. The van der Waals surface area contributed by atoms with E-state index in [1.165, 1.54) is 6.07 Å². The molecule has 1 aromatic carbocycles. The lowest BCUT2D eigenvalue weighted by molar-refractivity contribution is -0.386. The van der Waals surface area contributed by atoms with Crippen LogP contribution in [0.1, 0.15) is 5.56 Å². The monoisotopic (exact) mass is 335 g/mol. The highest BCUT2D eigenvalue weighted by Crippen LogP contribution is 2.41. The topological polar surface area (TPSA) is 90.4 Å². The number of ether oxygens (including phenoxy) is 1. The Morgan fingerprint density at radius 1 is 1.41 bits per heavy atom. The molecule has 0 aliphatic rings. The second-order valence-corrected chi connectivity index (χ2v) is 5.03. The van der Waals surface area contributed by atoms with E-state index in [1.54, 1.807) is 0 Å². The third-order valence-corrected chi connectivity index (χ3v) is 3.28. The number of nitro benzene ring substituents is 1. The van der Waals surface area contributed by atoms with E-state index < -0.39 is 34.5 Å². The number of benzene rings is 1. The number of hydrogen-bond donors (Lipinski definition) is 1. The second kappa shape index (κ2) is 6.13. The zero-order valence-electron chi connectivity index (χ0n) is 10.6. The van der Waals surface area contributed by atoms with Crippen molar-refractivity contribution in [2.45, 2.75) is 17.0 Å². The number of rotatable bonds is 5. The van der Waals surface area contributed by atoms with Gasteiger partial charge in [0.1, 0.15) is 6.61 Å². The Morgan fingerprint density at radius 3 is 2.68 bits per heavy atom. The molecule has 0 radical (unpaired) electrons. The Morgan fingerprint density at radius 2 is 2.14 bits per heavy atom. The number of nitro groups is 1. The molecule has 0 aliphatic carbocycles. The number of aromatic nitrogens is 2. The summed E-state index contributed by atoms with van der Waals surface area (Å²) in [4.78, 5) is 10.3. The minimum atomic E-state index is -4.59. The molecule has 7 nitrogen and oxygen atoms in total. The molecule has 0 unspecified atom stereocenters. The van der Waals surface area contributed by atoms with Gasteiger partial charge < -0.3 is 9.94 Å². The highest BCUT2D eigenvalue weighted by Gasteiger charge is 2.32. The van der Waals surface area contributed by atoms with Gasteiger partial charge in [0.05, 0.1) is 16.7 Å². The average Bonchev–Trinajstić information content (AvgIpc) is 2.81. The van der Waals surface area contributed by atoms with Crippen LogP contribution in [0.15, 0.2) is 35.4 Å². The van der Waals surface area contributed by atoms with Gasteiger partial charge in [0.25, 0.3) is 5.69 Å². The quantitative estimate of drug-likeness (QED) is 0.390. The first kappa shape index (κ1) is 15.9. The van der Waals surface area contributed by atoms with Crippen molar-refractivity contribution < 1.29 is 28.0 Å². The minimum Gasteiger partial charge on any atom is -0.471 e. The first-order valence-electron chi connectivity index (χ1n) is 5.66. The van der Waals surface area contributed by atoms with Crippen molar-refractivity contribution in [1.29, 1.82) is 0 Å². The summed E-state index contributed by atoms with van der Waals surface area (Å²) in [5.74, 6) is -0.0800. The number of hydrogen-bond acceptors (Lipinski definition) is 6. The molecular formula is C11H8F3N3O4S. The summed E-state index contributed by atoms with van der Waals surface area (Å²) in [6.45, 7) is -0.493. The molecule has 0 atom stereocenters. The zero-order valence-corrected chi connectivity index (χ0v) is 11.5. The lowest BCUT2D eigenvalue weighted by Crippen LogP contribution is -2.06. The van der Waals surface area contributed by atoms with E-state index >= 15 is 0 Å². The van der Waals surface area contributed by atoms with Gasteiger partial charge in [-0.05, 0) is 17.8 Å². The van der Waals surface area contributed by atoms with Crippen LogP contribution in [-0.2, 0) is 6.61 Å². The highest BCUT2D eigenvalue weighted by molar-refractivity contribution is 8.00. The van der Waals surface area contributed by atoms with E-state index in [9.17, 15) is 23.3 Å². The van der Waals surface area contributed by atoms with E-state index in [4.69, 9.17) is 9.94 Å². The second-order valence-electron chi connectivity index (χ2n) is 3.92. The molecule has 11 heteroatoms. The van der Waals surface area contributed by atoms with Gasteiger partial charge in [-0.1, -0.05) is 11.2 Å². The van der Waals surface area contributed by atoms with Crippen LogP contribution in [0.25, 0.3) is 0 Å². The lowest BCUT2D eigenvalue weighted by atomic mass is 10.2. The van der Waals surface area contributed by atoms with Crippen molar-refractivity contribution in [3.05, 3.63) is 46.1 Å². The maximum atomic E-state index is 12.5. The molecule has 2 aromatic rings. The summed E-state index contributed by atoms with van der Waals surface area (Å²) in [7, 11) is 0. The molecule has 1 aromatic heterocycles. The molecule has 2 rings (SSSR count). The summed E-state index contributed by atoms with van der Waals surface area (Å²) in [6, 6.07) is 4.63. The van der Waals surface area contributed by atoms with Crippen LogP contribution in [0, 0.1) is 10.1 Å². The largest absolute Gasteiger partial charge is 0.471 e. The predicted molar refractivity (Wildman–Crippen MR) is 68.8 cm³/mol. The number of halogens is 3. The first-order valence-corrected chi connectivity index (χ1v) is 6.47. The fraction of sp³-hybridized carbons (Fsp3) is 0.182. The van der Waals surface area contributed by atoms with Crippen molar-refractivity contribution in [2.24, 2.45) is 0 Å². The Hall–Kier alpha value is -2.43. The van der Waals surface area contributed by atoms with Gasteiger partial charge in [0, 0.05) is 17.0 Å². The molecule has 0 fully saturated rings. The predicted octanol–water partition coefficient (Wildman–Crippen LogP) is 3.22. The molecule has 1 heterocycles. The fourth-order valence-electron chi connectivity index (χ4n) is 1.61. The summed E-state index contributed by atoms with van der Waals surface area (Å²) < 4.78 is 42.7. The van der Waals surface area contributed by atoms with Crippen LogP contribution >= 0.6 is 11.8 Å². The van der Waals surface area contributed by atoms with Gasteiger partial charge >= 0.3 is 5.51 Å². The van der Waals surface area contributed by atoms with Crippen molar-refractivity contribution in [1.82, 2.24) is 9.94 Å². The van der Waals surface area contributed by atoms with Gasteiger partial charge in [-0.3, -0.25) is 10.1 Å². The third kappa shape index (κ3) is 4.04. The van der Waals surface area contributed by atoms with E-state index in [2.05, 4.69) is 5.10 Å². The van der Waals surface area contributed by atoms with Gasteiger partial charge in [0.2, 0.25) is 5.88 Å². The van der Waals surface area contributed by atoms with Gasteiger partial charge in [-0.25, -0.2) is 0 Å². The molecule has 0 bridgehead atoms. The zero-order chi connectivity index (χ0) is 16.3. The van der Waals surface area contributed by atoms with Gasteiger partial charge in [0.15, 0.2) is 0 Å². The first-order chi connectivity index (χ1) is 10.3. The standard InChI is InChI=1S/C11H8F3N3O4S/c12-11(13,14)22-9-3-1-2-8(17(19)20)7(9)6-21-10-4-5-16(18)15-10/h1-5,18H,6H2. The van der Waals surface area contributed by atoms with Gasteiger partial charge in [-0.2, -0.15) is 13.2 Å². The van der Waals surface area contributed by atoms with E-state index in [1.807, 2.05) is 0 Å². The lowest BCUT2D eigenvalue weighted by Gasteiger charge is -2.11. The molecule has 118 valence electrons. The van der Waals surface area contributed by atoms with Crippen LogP contribution in [0.3, 0.4) is 0 Å². The van der Waals surface area contributed by atoms with E-state index in [0.29, 0.717) is 4.85 Å². The number of alkyl halides is 3. The van der Waals surface area contributed by atoms with Gasteiger partial charge in [-0.15, -0.1) is 4.85 Å². The summed E-state index contributed by atoms with van der Waals surface area (Å²) >= 11 is -0.460. The summed E-state index contributed by atoms with van der Waals surface area (Å²) in [6.07, 6.45) is 1.14. The van der Waals surface area contributed by atoms with Crippen molar-refractivity contribution in [3.8, 4) is 5.88 Å². The van der Waals surface area contributed by atoms with Crippen LogP contribution < -0.4 is 4.74 Å². The van der Waals surface area contributed by atoms with Crippen molar-refractivity contribution in [3.63, 3.8) is 0 Å². The number of thioether (sulfide) groups is 1. The summed E-state index contributed by atoms with van der Waals surface area (Å²) in [5, 5.41) is 23.4.